The van der Waals surface area contributed by atoms with E-state index in [4.69, 9.17) is 57.7 Å². The molecular formula is H3O12P3Pm2-6. The second-order valence-corrected chi connectivity index (χ2v) is 4.22. The van der Waals surface area contributed by atoms with Crippen LogP contribution in [0.15, 0.2) is 0 Å². The molecule has 2 radical (unpaired) electrons. The summed E-state index contributed by atoms with van der Waals surface area (Å²) in [6.45, 7) is 0. The molecule has 0 aliphatic heterocycles. The summed E-state index contributed by atoms with van der Waals surface area (Å²) in [6.07, 6.45) is 0. The maximum absolute atomic E-state index is 8.66. The minimum atomic E-state index is -5.14. The van der Waals surface area contributed by atoms with Gasteiger partial charge in [0.1, 0.15) is 0 Å². The third-order valence-corrected chi connectivity index (χ3v) is 0. The second kappa shape index (κ2) is 14.0. The van der Waals surface area contributed by atoms with Gasteiger partial charge < -0.3 is 57.7 Å². The van der Waals surface area contributed by atoms with E-state index in [2.05, 4.69) is 0 Å². The van der Waals surface area contributed by atoms with Gasteiger partial charge in [0.05, 0.1) is 23.5 Å². The van der Waals surface area contributed by atoms with Crippen molar-refractivity contribution in [2.24, 2.45) is 0 Å². The molecule has 0 aliphatic carbocycles. The van der Waals surface area contributed by atoms with E-state index < -0.39 is 23.5 Å². The summed E-state index contributed by atoms with van der Waals surface area (Å²) in [6, 6.07) is 0. The van der Waals surface area contributed by atoms with Crippen LogP contribution in [0.3, 0.4) is 0 Å². The zero-order valence-corrected chi connectivity index (χ0v) is 15.7. The second-order valence-electron chi connectivity index (χ2n) is 1.41. The van der Waals surface area contributed by atoms with Crippen LogP contribution in [0.25, 0.3) is 0 Å². The molecule has 0 aromatic rings. The summed E-state index contributed by atoms with van der Waals surface area (Å²) in [7, 11) is -15.4. The first-order valence-electron chi connectivity index (χ1n) is 2.24. The maximum Gasteiger partial charge on any atom is 0.0557 e. The van der Waals surface area contributed by atoms with Crippen LogP contribution in [-0.2, 0) is 13.7 Å². The van der Waals surface area contributed by atoms with Crippen LogP contribution in [-0.4, -0.2) is 14.7 Å². The monoisotopic (exact) mass is 578 g/mol. The van der Waals surface area contributed by atoms with Crippen LogP contribution < -0.4 is 29.4 Å². The van der Waals surface area contributed by atoms with Crippen molar-refractivity contribution < 1.29 is 139 Å². The number of phosphoric acid groups is 3. The van der Waals surface area contributed by atoms with Crippen molar-refractivity contribution in [2.75, 3.05) is 0 Å². The molecule has 0 bridgehead atoms. The first-order valence-corrected chi connectivity index (χ1v) is 6.73. The van der Waals surface area contributed by atoms with Crippen molar-refractivity contribution in [1.29, 1.82) is 0 Å². The predicted octanol–water partition coefficient (Wildman–Crippen LogP) is -6.58. The van der Waals surface area contributed by atoms with E-state index in [1.54, 1.807) is 0 Å². The minimum Gasteiger partial charge on any atom is -0.790 e. The van der Waals surface area contributed by atoms with Crippen molar-refractivity contribution >= 4 is 23.5 Å². The van der Waals surface area contributed by atoms with Gasteiger partial charge in [-0.15, -0.1) is 0 Å². The van der Waals surface area contributed by atoms with Crippen LogP contribution in [0, 0.1) is 80.8 Å². The normalized spacial score (nSPS) is 10.4. The van der Waals surface area contributed by atoms with Gasteiger partial charge in [-0.1, -0.05) is 0 Å². The average Bonchev–Trinajstić information content (AvgIpc) is 1.41. The van der Waals surface area contributed by atoms with Gasteiger partial charge in [0.15, 0.2) is 0 Å². The van der Waals surface area contributed by atoms with Gasteiger partial charge in [-0.05, 0) is 0 Å². The van der Waals surface area contributed by atoms with Gasteiger partial charge in [-0.3, -0.25) is 0 Å². The van der Waals surface area contributed by atoms with Crippen LogP contribution in [0.2, 0.25) is 0 Å². The molecule has 106 valence electrons. The first kappa shape index (κ1) is 32.1. The summed E-state index contributed by atoms with van der Waals surface area (Å²) in [5.41, 5.74) is 0. The summed E-state index contributed by atoms with van der Waals surface area (Å²) < 4.78 is 26.0. The SMILES string of the molecule is O=P([O-])([O-])O.O=P([O-])([O-])O.O=P([O-])([O-])O.[Pm].[Pm]. The molecule has 0 aromatic heterocycles. The van der Waals surface area contributed by atoms with Crippen molar-refractivity contribution in [3.8, 4) is 0 Å². The molecule has 17 heavy (non-hydrogen) atoms. The average molecular weight is 578 g/mol. The Balaban J connectivity index is -0.0000000400. The Bertz CT molecular complexity index is 206. The standard InChI is InChI=1S/3H3O4P.2Pm/c3*1-5(2,3)4;;/h3*(H3,1,2,3,4);;/p-6. The molecule has 0 rings (SSSR count). The van der Waals surface area contributed by atoms with Crippen LogP contribution in [0.4, 0.5) is 0 Å². The van der Waals surface area contributed by atoms with Crippen LogP contribution in [0.1, 0.15) is 0 Å². The fraction of sp³-hybridized carbons (Fsp3) is 0. The molecule has 17 heteroatoms. The molecule has 0 atom stereocenters. The fourth-order valence-corrected chi connectivity index (χ4v) is 0. The predicted molar refractivity (Wildman–Crippen MR) is 29.5 cm³/mol. The molecule has 0 saturated heterocycles. The zero-order valence-electron chi connectivity index (χ0n) is 7.25. The van der Waals surface area contributed by atoms with Crippen molar-refractivity contribution in [3.63, 3.8) is 0 Å². The number of hydrogen-bond acceptors (Lipinski definition) is 9. The van der Waals surface area contributed by atoms with Crippen molar-refractivity contribution in [2.45, 2.75) is 0 Å². The third kappa shape index (κ3) is 609. The molecular weight excluding hydrogens is 575 g/mol. The molecule has 0 amide bonds. The summed E-state index contributed by atoms with van der Waals surface area (Å²) in [5, 5.41) is 0. The molecule has 0 fully saturated rings. The maximum atomic E-state index is 8.66. The van der Waals surface area contributed by atoms with E-state index in [0.29, 0.717) is 0 Å². The summed E-state index contributed by atoms with van der Waals surface area (Å²) in [5.74, 6) is 0. The van der Waals surface area contributed by atoms with Gasteiger partial charge in [0, 0.05) is 80.8 Å². The third-order valence-electron chi connectivity index (χ3n) is 0. The van der Waals surface area contributed by atoms with Gasteiger partial charge in [-0.25, -0.2) is 0 Å². The van der Waals surface area contributed by atoms with Crippen LogP contribution >= 0.6 is 23.5 Å². The molecule has 0 spiro atoms. The Morgan fingerprint density at radius 1 is 0.529 bits per heavy atom. The smallest absolute Gasteiger partial charge is 0.0557 e. The van der Waals surface area contributed by atoms with Gasteiger partial charge in [0.2, 0.25) is 0 Å². The largest absolute Gasteiger partial charge is 0.790 e. The van der Waals surface area contributed by atoms with Crippen LogP contribution in [0.5, 0.6) is 0 Å². The Morgan fingerprint density at radius 3 is 0.529 bits per heavy atom. The zero-order chi connectivity index (χ0) is 13.5. The molecule has 0 unspecified atom stereocenters. The Labute approximate surface area is 159 Å². The molecule has 0 saturated carbocycles. The fourth-order valence-electron chi connectivity index (χ4n) is 0. The van der Waals surface area contributed by atoms with Gasteiger partial charge in [0.25, 0.3) is 0 Å². The molecule has 3 N–H and O–H groups in total. The number of rotatable bonds is 0. The topological polar surface area (TPSA) is 250 Å². The first-order chi connectivity index (χ1) is 6.00. The molecule has 0 aliphatic rings. The molecule has 0 aromatic carbocycles. The minimum absolute atomic E-state index is 0. The summed E-state index contributed by atoms with van der Waals surface area (Å²) in [4.78, 5) is 72.9. The molecule has 12 nitrogen and oxygen atoms in total. The van der Waals surface area contributed by atoms with Gasteiger partial charge in [-0.2, -0.15) is 0 Å². The molecule has 0 heterocycles. The van der Waals surface area contributed by atoms with E-state index >= 15 is 0 Å². The van der Waals surface area contributed by atoms with E-state index in [1.165, 1.54) is 0 Å². The number of hydrogen-bond donors (Lipinski definition) is 3. The summed E-state index contributed by atoms with van der Waals surface area (Å²) >= 11 is 0. The van der Waals surface area contributed by atoms with Crippen molar-refractivity contribution in [3.05, 3.63) is 0 Å². The quantitative estimate of drug-likeness (QED) is 0.227. The van der Waals surface area contributed by atoms with Gasteiger partial charge >= 0.3 is 0 Å². The van der Waals surface area contributed by atoms with E-state index in [-0.39, 0.29) is 80.8 Å². The van der Waals surface area contributed by atoms with Crippen molar-refractivity contribution in [1.82, 2.24) is 0 Å². The van der Waals surface area contributed by atoms with E-state index in [1.807, 2.05) is 0 Å². The Kier molecular flexibility index (Phi) is 26.4. The van der Waals surface area contributed by atoms with E-state index in [9.17, 15) is 0 Å². The van der Waals surface area contributed by atoms with E-state index in [0.717, 1.165) is 0 Å². The Hall–Kier alpha value is 3.01. The Morgan fingerprint density at radius 2 is 0.529 bits per heavy atom.